The van der Waals surface area contributed by atoms with Crippen LogP contribution in [0.15, 0.2) is 39.8 Å². The summed E-state index contributed by atoms with van der Waals surface area (Å²) in [4.78, 5) is 11.6. The average Bonchev–Trinajstić information content (AvgIpc) is 2.97. The van der Waals surface area contributed by atoms with Gasteiger partial charge in [0.25, 0.3) is 0 Å². The van der Waals surface area contributed by atoms with E-state index >= 15 is 0 Å². The number of hydrogen-bond donors (Lipinski definition) is 0. The summed E-state index contributed by atoms with van der Waals surface area (Å²) < 4.78 is 10.1. The molecule has 2 aliphatic heterocycles. The van der Waals surface area contributed by atoms with Crippen LogP contribution in [0, 0.1) is 11.3 Å². The Labute approximate surface area is 158 Å². The summed E-state index contributed by atoms with van der Waals surface area (Å²) in [5.74, 6) is 2.26. The zero-order valence-electron chi connectivity index (χ0n) is 15.6. The second-order valence-electron chi connectivity index (χ2n) is 6.53. The summed E-state index contributed by atoms with van der Waals surface area (Å²) >= 11 is 1.49. The number of amidine groups is 1. The van der Waals surface area contributed by atoms with Gasteiger partial charge in [0.15, 0.2) is 11.5 Å². The first-order chi connectivity index (χ1) is 12.4. The van der Waals surface area contributed by atoms with Gasteiger partial charge in [0.05, 0.1) is 20.3 Å². The van der Waals surface area contributed by atoms with E-state index in [0.29, 0.717) is 17.9 Å². The third-order valence-electron chi connectivity index (χ3n) is 4.25. The average molecular weight is 370 g/mol. The summed E-state index contributed by atoms with van der Waals surface area (Å²) in [6, 6.07) is 8.20. The van der Waals surface area contributed by atoms with Crippen LogP contribution in [0.1, 0.15) is 12.5 Å². The molecule has 0 aliphatic carbocycles. The van der Waals surface area contributed by atoms with E-state index in [1.165, 1.54) is 11.8 Å². The van der Waals surface area contributed by atoms with Crippen LogP contribution in [0.3, 0.4) is 0 Å². The minimum Gasteiger partial charge on any atom is -0.493 e. The van der Waals surface area contributed by atoms with Gasteiger partial charge >= 0.3 is 0 Å². The molecule has 7 heteroatoms. The number of rotatable bonds is 4. The Bertz CT molecular complexity index is 854. The lowest BCUT2D eigenvalue weighted by molar-refractivity contribution is 0.354. The molecule has 0 saturated carbocycles. The fourth-order valence-corrected chi connectivity index (χ4v) is 4.03. The molecule has 0 saturated heterocycles. The van der Waals surface area contributed by atoms with Gasteiger partial charge in [-0.25, -0.2) is 4.99 Å². The van der Waals surface area contributed by atoms with E-state index in [-0.39, 0.29) is 6.17 Å². The van der Waals surface area contributed by atoms with Crippen molar-refractivity contribution in [2.75, 3.05) is 28.3 Å². The molecule has 0 spiro atoms. The first-order valence-corrected chi connectivity index (χ1v) is 9.08. The summed E-state index contributed by atoms with van der Waals surface area (Å²) in [6.07, 6.45) is 2.38. The van der Waals surface area contributed by atoms with E-state index in [2.05, 4.69) is 6.07 Å². The van der Waals surface area contributed by atoms with Gasteiger partial charge in [-0.05, 0) is 30.7 Å². The number of nitrogens with zero attached hydrogens (tertiary/aromatic N) is 4. The molecule has 0 amide bonds. The monoisotopic (exact) mass is 370 g/mol. The molecule has 136 valence electrons. The minimum atomic E-state index is -0.594. The molecule has 2 aliphatic rings. The van der Waals surface area contributed by atoms with Crippen LogP contribution in [0.5, 0.6) is 11.5 Å². The fraction of sp³-hybridized carbons (Fsp3) is 0.421. The first-order valence-electron chi connectivity index (χ1n) is 8.27. The highest BCUT2D eigenvalue weighted by atomic mass is 32.2. The van der Waals surface area contributed by atoms with Crippen molar-refractivity contribution in [2.24, 2.45) is 9.98 Å². The molecule has 0 aromatic heterocycles. The number of methoxy groups -OCH3 is 2. The zero-order valence-corrected chi connectivity index (χ0v) is 16.4. The summed E-state index contributed by atoms with van der Waals surface area (Å²) in [6.45, 7) is 1.90. The standard InChI is InChI=1S/C19H22N4O2S/c1-19(11-20)10-13-17(23(2)3)21-16(22-18(13)26-19)9-12-6-7-14(24-4)15(8-12)25-5/h6-8,10,16H,9H2,1-5H3. The van der Waals surface area contributed by atoms with E-state index in [0.717, 1.165) is 22.0 Å². The Balaban J connectivity index is 1.91. The lowest BCUT2D eigenvalue weighted by Gasteiger charge is -2.24. The topological polar surface area (TPSA) is 70.2 Å². The van der Waals surface area contributed by atoms with Crippen LogP contribution in [-0.4, -0.2) is 55.0 Å². The minimum absolute atomic E-state index is 0.230. The fourth-order valence-electron chi connectivity index (χ4n) is 2.97. The highest BCUT2D eigenvalue weighted by molar-refractivity contribution is 8.16. The molecule has 3 rings (SSSR count). The molecule has 0 radical (unpaired) electrons. The van der Waals surface area contributed by atoms with Crippen LogP contribution < -0.4 is 9.47 Å². The van der Waals surface area contributed by atoms with Crippen molar-refractivity contribution in [3.8, 4) is 17.6 Å². The van der Waals surface area contributed by atoms with Crippen molar-refractivity contribution in [1.29, 1.82) is 5.26 Å². The van der Waals surface area contributed by atoms with Crippen molar-refractivity contribution in [2.45, 2.75) is 24.3 Å². The van der Waals surface area contributed by atoms with Gasteiger partial charge in [0.2, 0.25) is 0 Å². The summed E-state index contributed by atoms with van der Waals surface area (Å²) in [7, 11) is 7.17. The van der Waals surface area contributed by atoms with E-state index in [1.54, 1.807) is 14.2 Å². The molecule has 0 bridgehead atoms. The van der Waals surface area contributed by atoms with E-state index in [4.69, 9.17) is 19.5 Å². The number of likely N-dealkylation sites (N-methyl/N-ethyl adjacent to an activating group) is 1. The van der Waals surface area contributed by atoms with Gasteiger partial charge in [-0.1, -0.05) is 17.8 Å². The molecule has 6 nitrogen and oxygen atoms in total. The molecule has 1 aromatic carbocycles. The predicted octanol–water partition coefficient (Wildman–Crippen LogP) is 2.90. The number of fused-ring (bicyclic) bond motifs is 1. The van der Waals surface area contributed by atoms with Crippen LogP contribution >= 0.6 is 11.8 Å². The third kappa shape index (κ3) is 3.42. The highest BCUT2D eigenvalue weighted by Gasteiger charge is 2.38. The van der Waals surface area contributed by atoms with Crippen LogP contribution in [0.4, 0.5) is 0 Å². The van der Waals surface area contributed by atoms with Crippen molar-refractivity contribution in [1.82, 2.24) is 4.90 Å². The van der Waals surface area contributed by atoms with Crippen LogP contribution in [0.2, 0.25) is 0 Å². The molecule has 2 heterocycles. The smallest absolute Gasteiger partial charge is 0.160 e. The third-order valence-corrected chi connectivity index (χ3v) is 5.40. The molecular formula is C19H22N4O2S. The predicted molar refractivity (Wildman–Crippen MR) is 105 cm³/mol. The van der Waals surface area contributed by atoms with Gasteiger partial charge < -0.3 is 14.4 Å². The maximum atomic E-state index is 9.46. The largest absolute Gasteiger partial charge is 0.493 e. The number of hydrogen-bond acceptors (Lipinski definition) is 7. The SMILES string of the molecule is COc1ccc(CC2N=C3SC(C)(C#N)C=C3C(N(C)C)=N2)cc1OC. The van der Waals surface area contributed by atoms with Crippen molar-refractivity contribution >= 4 is 22.6 Å². The van der Waals surface area contributed by atoms with Crippen molar-refractivity contribution in [3.63, 3.8) is 0 Å². The van der Waals surface area contributed by atoms with Crippen molar-refractivity contribution in [3.05, 3.63) is 35.4 Å². The Morgan fingerprint density at radius 1 is 1.23 bits per heavy atom. The lowest BCUT2D eigenvalue weighted by atomic mass is 10.1. The van der Waals surface area contributed by atoms with Crippen molar-refractivity contribution < 1.29 is 9.47 Å². The molecule has 1 aromatic rings. The van der Waals surface area contributed by atoms with Gasteiger partial charge in [-0.2, -0.15) is 5.26 Å². The Morgan fingerprint density at radius 2 is 1.96 bits per heavy atom. The Hall–Kier alpha value is -2.46. The van der Waals surface area contributed by atoms with Gasteiger partial charge in [-0.3, -0.25) is 4.99 Å². The number of benzene rings is 1. The molecule has 2 unspecified atom stereocenters. The first kappa shape index (κ1) is 18.3. The van der Waals surface area contributed by atoms with Crippen LogP contribution in [-0.2, 0) is 6.42 Å². The number of ether oxygens (including phenoxy) is 2. The lowest BCUT2D eigenvalue weighted by Crippen LogP contribution is -2.31. The zero-order chi connectivity index (χ0) is 18.9. The maximum Gasteiger partial charge on any atom is 0.160 e. The summed E-state index contributed by atoms with van der Waals surface area (Å²) in [5.41, 5.74) is 2.02. The second kappa shape index (κ2) is 7.04. The van der Waals surface area contributed by atoms with Gasteiger partial charge in [0.1, 0.15) is 21.8 Å². The number of nitriles is 1. The van der Waals surface area contributed by atoms with E-state index in [1.807, 2.05) is 50.2 Å². The Kier molecular flexibility index (Phi) is 4.97. The molecular weight excluding hydrogens is 348 g/mol. The highest BCUT2D eigenvalue weighted by Crippen LogP contribution is 2.40. The Morgan fingerprint density at radius 3 is 2.58 bits per heavy atom. The summed E-state index contributed by atoms with van der Waals surface area (Å²) in [5, 5.41) is 10.3. The van der Waals surface area contributed by atoms with Gasteiger partial charge in [0, 0.05) is 26.1 Å². The van der Waals surface area contributed by atoms with Crippen LogP contribution in [0.25, 0.3) is 0 Å². The molecule has 0 fully saturated rings. The molecule has 0 N–H and O–H groups in total. The molecule has 2 atom stereocenters. The normalized spacial score (nSPS) is 24.0. The molecule has 26 heavy (non-hydrogen) atoms. The van der Waals surface area contributed by atoms with E-state index in [9.17, 15) is 5.26 Å². The van der Waals surface area contributed by atoms with E-state index < -0.39 is 4.75 Å². The maximum absolute atomic E-state index is 9.46. The number of thioether (sulfide) groups is 1. The quantitative estimate of drug-likeness (QED) is 0.815. The number of aliphatic imine (C=N–C) groups is 2. The second-order valence-corrected chi connectivity index (χ2v) is 7.97. The van der Waals surface area contributed by atoms with Gasteiger partial charge in [-0.15, -0.1) is 0 Å².